The van der Waals surface area contributed by atoms with Crippen LogP contribution in [0, 0.1) is 0 Å². The molecule has 1 fully saturated rings. The fraction of sp³-hybridized carbons (Fsp3) is 0.750. The SMILES string of the molecule is CN(C(=O)Cn1cc(CO)nn1)C1CCCCC1. The van der Waals surface area contributed by atoms with Gasteiger partial charge in [-0.05, 0) is 12.8 Å². The summed E-state index contributed by atoms with van der Waals surface area (Å²) >= 11 is 0. The van der Waals surface area contributed by atoms with E-state index in [1.165, 1.54) is 23.9 Å². The van der Waals surface area contributed by atoms with E-state index in [9.17, 15) is 4.79 Å². The molecule has 0 aromatic carbocycles. The number of hydrogen-bond acceptors (Lipinski definition) is 4. The van der Waals surface area contributed by atoms with Crippen LogP contribution in [0.25, 0.3) is 0 Å². The quantitative estimate of drug-likeness (QED) is 0.850. The minimum absolute atomic E-state index is 0.0521. The zero-order valence-electron chi connectivity index (χ0n) is 10.7. The van der Waals surface area contributed by atoms with Gasteiger partial charge in [0.15, 0.2) is 0 Å². The maximum atomic E-state index is 12.1. The summed E-state index contributed by atoms with van der Waals surface area (Å²) < 4.78 is 1.48. The lowest BCUT2D eigenvalue weighted by Gasteiger charge is -2.31. The Balaban J connectivity index is 1.90. The standard InChI is InChI=1S/C12H20N4O2/c1-15(11-5-3-2-4-6-11)12(18)8-16-7-10(9-17)13-14-16/h7,11,17H,2-6,8-9H2,1H3. The van der Waals surface area contributed by atoms with Gasteiger partial charge in [0, 0.05) is 13.1 Å². The molecule has 1 aromatic heterocycles. The van der Waals surface area contributed by atoms with E-state index in [0.29, 0.717) is 11.7 Å². The van der Waals surface area contributed by atoms with Crippen LogP contribution in [0.4, 0.5) is 0 Å². The Morgan fingerprint density at radius 1 is 1.50 bits per heavy atom. The summed E-state index contributed by atoms with van der Waals surface area (Å²) in [5.41, 5.74) is 0.489. The van der Waals surface area contributed by atoms with Gasteiger partial charge < -0.3 is 10.0 Å². The van der Waals surface area contributed by atoms with Crippen molar-refractivity contribution in [2.24, 2.45) is 0 Å². The zero-order chi connectivity index (χ0) is 13.0. The van der Waals surface area contributed by atoms with Crippen LogP contribution in [0.15, 0.2) is 6.20 Å². The summed E-state index contributed by atoms with van der Waals surface area (Å²) in [6, 6.07) is 0.368. The maximum absolute atomic E-state index is 12.1. The molecule has 6 nitrogen and oxygen atoms in total. The average Bonchev–Trinajstić information content (AvgIpc) is 2.86. The Labute approximate surface area is 107 Å². The molecule has 1 aromatic rings. The molecule has 1 heterocycles. The number of amides is 1. The Morgan fingerprint density at radius 2 is 2.22 bits per heavy atom. The number of aromatic nitrogens is 3. The molecule has 0 bridgehead atoms. The molecule has 1 saturated carbocycles. The second-order valence-corrected chi connectivity index (χ2v) is 4.86. The van der Waals surface area contributed by atoms with Crippen molar-refractivity contribution in [1.29, 1.82) is 0 Å². The monoisotopic (exact) mass is 252 g/mol. The third kappa shape index (κ3) is 3.07. The van der Waals surface area contributed by atoms with Crippen LogP contribution in [0.2, 0.25) is 0 Å². The van der Waals surface area contributed by atoms with Crippen LogP contribution in [-0.2, 0) is 17.9 Å². The Hall–Kier alpha value is -1.43. The van der Waals surface area contributed by atoms with E-state index in [1.54, 1.807) is 6.20 Å². The van der Waals surface area contributed by atoms with Crippen molar-refractivity contribution < 1.29 is 9.90 Å². The Kier molecular flexibility index (Phi) is 4.30. The molecule has 6 heteroatoms. The van der Waals surface area contributed by atoms with Gasteiger partial charge in [0.05, 0.1) is 12.8 Å². The number of nitrogens with zero attached hydrogens (tertiary/aromatic N) is 4. The fourth-order valence-electron chi connectivity index (χ4n) is 2.41. The number of carbonyl (C=O) groups is 1. The van der Waals surface area contributed by atoms with E-state index in [1.807, 2.05) is 11.9 Å². The molecule has 0 unspecified atom stereocenters. The van der Waals surface area contributed by atoms with Crippen LogP contribution in [0.3, 0.4) is 0 Å². The second-order valence-electron chi connectivity index (χ2n) is 4.86. The lowest BCUT2D eigenvalue weighted by atomic mass is 9.94. The van der Waals surface area contributed by atoms with Crippen LogP contribution < -0.4 is 0 Å². The van der Waals surface area contributed by atoms with Gasteiger partial charge in [-0.3, -0.25) is 4.79 Å². The highest BCUT2D eigenvalue weighted by Crippen LogP contribution is 2.21. The van der Waals surface area contributed by atoms with E-state index in [4.69, 9.17) is 5.11 Å². The zero-order valence-corrected chi connectivity index (χ0v) is 10.7. The molecule has 0 radical (unpaired) electrons. The number of carbonyl (C=O) groups excluding carboxylic acids is 1. The van der Waals surface area contributed by atoms with Gasteiger partial charge >= 0.3 is 0 Å². The first kappa shape index (κ1) is 13.0. The summed E-state index contributed by atoms with van der Waals surface area (Å²) in [5, 5.41) is 16.5. The van der Waals surface area contributed by atoms with Gasteiger partial charge in [-0.2, -0.15) is 0 Å². The van der Waals surface area contributed by atoms with Gasteiger partial charge in [-0.15, -0.1) is 5.10 Å². The van der Waals surface area contributed by atoms with E-state index < -0.39 is 0 Å². The Bertz CT molecular complexity index is 399. The van der Waals surface area contributed by atoms with Crippen LogP contribution in [-0.4, -0.2) is 44.0 Å². The van der Waals surface area contributed by atoms with Gasteiger partial charge in [-0.1, -0.05) is 24.5 Å². The molecule has 2 rings (SSSR count). The molecule has 1 aliphatic carbocycles. The summed E-state index contributed by atoms with van der Waals surface area (Å²) in [5.74, 6) is 0.0521. The first-order valence-electron chi connectivity index (χ1n) is 6.46. The molecule has 1 N–H and O–H groups in total. The topological polar surface area (TPSA) is 71.2 Å². The van der Waals surface area contributed by atoms with Crippen molar-refractivity contribution in [3.63, 3.8) is 0 Å². The molecular formula is C12H20N4O2. The summed E-state index contributed by atoms with van der Waals surface area (Å²) in [6.07, 6.45) is 7.50. The Morgan fingerprint density at radius 3 is 2.83 bits per heavy atom. The number of aliphatic hydroxyl groups is 1. The van der Waals surface area contributed by atoms with E-state index >= 15 is 0 Å². The van der Waals surface area contributed by atoms with Gasteiger partial charge in [0.25, 0.3) is 0 Å². The predicted molar refractivity (Wildman–Crippen MR) is 65.6 cm³/mol. The number of likely N-dealkylation sites (N-methyl/N-ethyl adjacent to an activating group) is 1. The van der Waals surface area contributed by atoms with Crippen LogP contribution in [0.1, 0.15) is 37.8 Å². The van der Waals surface area contributed by atoms with Crippen molar-refractivity contribution in [3.8, 4) is 0 Å². The molecule has 0 saturated heterocycles. The normalized spacial score (nSPS) is 16.8. The van der Waals surface area contributed by atoms with E-state index in [2.05, 4.69) is 10.3 Å². The summed E-state index contributed by atoms with van der Waals surface area (Å²) in [4.78, 5) is 13.9. The van der Waals surface area contributed by atoms with E-state index in [-0.39, 0.29) is 19.1 Å². The van der Waals surface area contributed by atoms with Crippen molar-refractivity contribution in [3.05, 3.63) is 11.9 Å². The summed E-state index contributed by atoms with van der Waals surface area (Å²) in [6.45, 7) is 0.0483. The smallest absolute Gasteiger partial charge is 0.244 e. The van der Waals surface area contributed by atoms with Crippen LogP contribution >= 0.6 is 0 Å². The highest BCUT2D eigenvalue weighted by Gasteiger charge is 2.22. The molecule has 100 valence electrons. The van der Waals surface area contributed by atoms with E-state index in [0.717, 1.165) is 12.8 Å². The number of hydrogen-bond donors (Lipinski definition) is 1. The summed E-state index contributed by atoms with van der Waals surface area (Å²) in [7, 11) is 1.86. The van der Waals surface area contributed by atoms with Crippen LogP contribution in [0.5, 0.6) is 0 Å². The largest absolute Gasteiger partial charge is 0.390 e. The molecule has 0 spiro atoms. The molecule has 0 atom stereocenters. The molecule has 1 aliphatic rings. The molecule has 18 heavy (non-hydrogen) atoms. The first-order valence-corrected chi connectivity index (χ1v) is 6.46. The molecule has 1 amide bonds. The lowest BCUT2D eigenvalue weighted by Crippen LogP contribution is -2.40. The predicted octanol–water partition coefficient (Wildman–Crippen LogP) is 0.561. The third-order valence-electron chi connectivity index (χ3n) is 3.56. The van der Waals surface area contributed by atoms with Crippen molar-refractivity contribution in [1.82, 2.24) is 19.9 Å². The van der Waals surface area contributed by atoms with Crippen molar-refractivity contribution in [2.75, 3.05) is 7.05 Å². The van der Waals surface area contributed by atoms with Gasteiger partial charge in [0.1, 0.15) is 12.2 Å². The lowest BCUT2D eigenvalue weighted by molar-refractivity contribution is -0.133. The third-order valence-corrected chi connectivity index (χ3v) is 3.56. The van der Waals surface area contributed by atoms with Gasteiger partial charge in [0.2, 0.25) is 5.91 Å². The van der Waals surface area contributed by atoms with Crippen molar-refractivity contribution >= 4 is 5.91 Å². The second kappa shape index (κ2) is 5.95. The number of rotatable bonds is 4. The first-order chi connectivity index (χ1) is 8.70. The molecular weight excluding hydrogens is 232 g/mol. The average molecular weight is 252 g/mol. The van der Waals surface area contributed by atoms with Crippen molar-refractivity contribution in [2.45, 2.75) is 51.3 Å². The van der Waals surface area contributed by atoms with Gasteiger partial charge in [-0.25, -0.2) is 4.68 Å². The minimum Gasteiger partial charge on any atom is -0.390 e. The molecule has 0 aliphatic heterocycles. The highest BCUT2D eigenvalue weighted by atomic mass is 16.3. The fourth-order valence-corrected chi connectivity index (χ4v) is 2.41. The highest BCUT2D eigenvalue weighted by molar-refractivity contribution is 5.75. The minimum atomic E-state index is -0.146. The number of aliphatic hydroxyl groups excluding tert-OH is 1. The maximum Gasteiger partial charge on any atom is 0.244 e.